The first-order valence-electron chi connectivity index (χ1n) is 8.22. The number of hydrogen-bond donors (Lipinski definition) is 0. The van der Waals surface area contributed by atoms with Gasteiger partial charge in [0.05, 0.1) is 0 Å². The SMILES string of the molecule is CCC[Si]1([c-]2ccc3ccccc32)CCC1.[C-]1=CC=CC1.[Cl-].[Cl-].[Ti+4]. The van der Waals surface area contributed by atoms with Gasteiger partial charge >= 0.3 is 21.7 Å². The van der Waals surface area contributed by atoms with Crippen molar-refractivity contribution in [2.75, 3.05) is 0 Å². The minimum absolute atomic E-state index is 0. The van der Waals surface area contributed by atoms with E-state index in [1.54, 1.807) is 10.6 Å². The molecule has 2 aliphatic rings. The van der Waals surface area contributed by atoms with Crippen molar-refractivity contribution in [3.8, 4) is 0 Å². The zero-order valence-corrected chi connectivity index (χ0v) is 18.3. The Morgan fingerprint density at radius 2 is 1.88 bits per heavy atom. The van der Waals surface area contributed by atoms with E-state index in [-0.39, 0.29) is 46.5 Å². The summed E-state index contributed by atoms with van der Waals surface area (Å²) in [7, 11) is -1.03. The van der Waals surface area contributed by atoms with Crippen LogP contribution in [0.2, 0.25) is 18.1 Å². The van der Waals surface area contributed by atoms with E-state index in [4.69, 9.17) is 0 Å². The summed E-state index contributed by atoms with van der Waals surface area (Å²) in [4.78, 5) is 0. The molecule has 0 unspecified atom stereocenters. The van der Waals surface area contributed by atoms with Crippen LogP contribution in [-0.4, -0.2) is 8.07 Å². The molecule has 24 heavy (non-hydrogen) atoms. The quantitative estimate of drug-likeness (QED) is 0.465. The maximum atomic E-state index is 2.99. The van der Waals surface area contributed by atoms with Gasteiger partial charge in [0.25, 0.3) is 0 Å². The van der Waals surface area contributed by atoms with Gasteiger partial charge in [-0.15, -0.1) is 40.6 Å². The average Bonchev–Trinajstić information content (AvgIpc) is 3.15. The molecule has 1 heterocycles. The molecule has 2 aromatic rings. The second-order valence-corrected chi connectivity index (χ2v) is 10.8. The third-order valence-corrected chi connectivity index (χ3v) is 10.5. The summed E-state index contributed by atoms with van der Waals surface area (Å²) in [6.07, 6.45) is 12.8. The Labute approximate surface area is 174 Å². The van der Waals surface area contributed by atoms with Gasteiger partial charge in [0.1, 0.15) is 0 Å². The van der Waals surface area contributed by atoms with Gasteiger partial charge < -0.3 is 24.8 Å². The molecule has 4 rings (SSSR count). The Kier molecular flexibility index (Phi) is 11.4. The first-order valence-corrected chi connectivity index (χ1v) is 10.8. The minimum Gasteiger partial charge on any atom is -1.00 e. The van der Waals surface area contributed by atoms with Gasteiger partial charge in [-0.25, -0.2) is 12.2 Å². The van der Waals surface area contributed by atoms with E-state index in [9.17, 15) is 0 Å². The van der Waals surface area contributed by atoms with E-state index in [0.29, 0.717) is 0 Å². The first kappa shape index (κ1) is 23.8. The van der Waals surface area contributed by atoms with Crippen molar-refractivity contribution in [3.63, 3.8) is 0 Å². The summed E-state index contributed by atoms with van der Waals surface area (Å²) in [5.41, 5.74) is 0. The Bertz CT molecular complexity index is 646. The second-order valence-electron chi connectivity index (χ2n) is 6.22. The Hall–Kier alpha value is -0.179. The van der Waals surface area contributed by atoms with Crippen LogP contribution < -0.4 is 30.0 Å². The maximum absolute atomic E-state index is 2.99. The number of benzene rings is 1. The summed E-state index contributed by atoms with van der Waals surface area (Å²) in [5, 5.41) is 4.77. The summed E-state index contributed by atoms with van der Waals surface area (Å²) in [5.74, 6) is 0. The van der Waals surface area contributed by atoms with Crippen LogP contribution in [0.15, 0.2) is 54.6 Å². The topological polar surface area (TPSA) is 0 Å². The van der Waals surface area contributed by atoms with Gasteiger partial charge in [0.15, 0.2) is 0 Å². The van der Waals surface area contributed by atoms with Crippen molar-refractivity contribution in [3.05, 3.63) is 60.7 Å². The number of rotatable bonds is 3. The van der Waals surface area contributed by atoms with Crippen LogP contribution >= 0.6 is 0 Å². The molecule has 0 aromatic heterocycles. The fraction of sp³-hybridized carbons (Fsp3) is 0.350. The summed E-state index contributed by atoms with van der Waals surface area (Å²) < 4.78 is 0. The zero-order chi connectivity index (χ0) is 14.5. The summed E-state index contributed by atoms with van der Waals surface area (Å²) in [6, 6.07) is 18.3. The van der Waals surface area contributed by atoms with Crippen molar-refractivity contribution in [2.24, 2.45) is 0 Å². The number of fused-ring (bicyclic) bond motifs is 1. The standard InChI is InChI=1S/C15H19Si.C5H5.2ClH.Ti/c1-2-10-16(11-5-12-16)15-9-8-13-6-3-4-7-14(13)15;1-2-4-5-3-1;;;/h3-4,6-9H,2,5,10-12H2,1H3;1-3H,4H2;2*1H;/q2*-1;;;+4/p-2. The molecule has 0 saturated carbocycles. The molecular weight excluding hydrogens is 387 g/mol. The molecule has 1 fully saturated rings. The van der Waals surface area contributed by atoms with Crippen molar-refractivity contribution >= 4 is 24.0 Å². The van der Waals surface area contributed by atoms with Crippen molar-refractivity contribution < 1.29 is 46.5 Å². The monoisotopic (exact) mass is 410 g/mol. The Balaban J connectivity index is 0.000000578. The van der Waals surface area contributed by atoms with E-state index < -0.39 is 8.07 Å². The van der Waals surface area contributed by atoms with Gasteiger partial charge in [0, 0.05) is 8.07 Å². The van der Waals surface area contributed by atoms with Crippen LogP contribution in [0.25, 0.3) is 10.8 Å². The molecule has 1 saturated heterocycles. The normalized spacial score (nSPS) is 16.0. The number of halogens is 2. The molecule has 4 heteroatoms. The van der Waals surface area contributed by atoms with Crippen molar-refractivity contribution in [1.29, 1.82) is 0 Å². The third kappa shape index (κ3) is 5.16. The maximum Gasteiger partial charge on any atom is 4.00 e. The summed E-state index contributed by atoms with van der Waals surface area (Å²) >= 11 is 0. The van der Waals surface area contributed by atoms with E-state index in [0.717, 1.165) is 6.42 Å². The summed E-state index contributed by atoms with van der Waals surface area (Å²) in [6.45, 7) is 2.35. The number of allylic oxidation sites excluding steroid dienone is 4. The van der Waals surface area contributed by atoms with Gasteiger partial charge in [-0.2, -0.15) is 18.2 Å². The largest absolute Gasteiger partial charge is 4.00 e. The molecule has 0 nitrogen and oxygen atoms in total. The molecule has 1 aliphatic heterocycles. The molecule has 0 bridgehead atoms. The molecule has 1 aliphatic carbocycles. The molecule has 0 atom stereocenters. The predicted octanol–water partition coefficient (Wildman–Crippen LogP) is -0.661. The molecule has 0 amide bonds. The third-order valence-electron chi connectivity index (χ3n) is 4.88. The average molecular weight is 411 g/mol. The van der Waals surface area contributed by atoms with Crippen LogP contribution in [0.1, 0.15) is 26.2 Å². The predicted molar refractivity (Wildman–Crippen MR) is 95.8 cm³/mol. The molecule has 0 spiro atoms. The van der Waals surface area contributed by atoms with E-state index in [1.165, 1.54) is 36.4 Å². The van der Waals surface area contributed by atoms with Crippen molar-refractivity contribution in [2.45, 2.75) is 44.3 Å². The van der Waals surface area contributed by atoms with E-state index in [1.807, 2.05) is 12.2 Å². The van der Waals surface area contributed by atoms with Crippen LogP contribution in [0.4, 0.5) is 0 Å². The molecule has 0 N–H and O–H groups in total. The van der Waals surface area contributed by atoms with Crippen LogP contribution in [0.5, 0.6) is 0 Å². The van der Waals surface area contributed by atoms with Crippen LogP contribution in [-0.2, 0) is 21.7 Å². The molecule has 126 valence electrons. The van der Waals surface area contributed by atoms with Gasteiger partial charge in [0.2, 0.25) is 0 Å². The minimum atomic E-state index is -1.03. The number of hydrogen-bond acceptors (Lipinski definition) is 0. The molecule has 0 radical (unpaired) electrons. The Morgan fingerprint density at radius 1 is 1.12 bits per heavy atom. The second kappa shape index (κ2) is 11.4. The van der Waals surface area contributed by atoms with E-state index in [2.05, 4.69) is 55.5 Å². The molecular formula is C20H24Cl2SiTi. The smallest absolute Gasteiger partial charge is 1.00 e. The first-order chi connectivity index (χ1) is 10.4. The van der Waals surface area contributed by atoms with Crippen LogP contribution in [0, 0.1) is 6.08 Å². The van der Waals surface area contributed by atoms with Gasteiger partial charge in [-0.3, -0.25) is 6.08 Å². The van der Waals surface area contributed by atoms with Crippen LogP contribution in [0.3, 0.4) is 0 Å². The van der Waals surface area contributed by atoms with Gasteiger partial charge in [-0.1, -0.05) is 44.0 Å². The fourth-order valence-corrected chi connectivity index (χ4v) is 8.40. The van der Waals surface area contributed by atoms with E-state index >= 15 is 0 Å². The Morgan fingerprint density at radius 3 is 2.38 bits per heavy atom. The molecule has 2 aromatic carbocycles. The van der Waals surface area contributed by atoms with Gasteiger partial charge in [-0.05, 0) is 0 Å². The fourth-order valence-electron chi connectivity index (χ4n) is 3.69. The van der Waals surface area contributed by atoms with Crippen molar-refractivity contribution in [1.82, 2.24) is 0 Å². The zero-order valence-electron chi connectivity index (χ0n) is 14.2.